The zero-order chi connectivity index (χ0) is 22.9. The summed E-state index contributed by atoms with van der Waals surface area (Å²) in [6.07, 6.45) is 1.27. The Kier molecular flexibility index (Phi) is 6.19. The van der Waals surface area contributed by atoms with Gasteiger partial charge in [-0.1, -0.05) is 29.3 Å². The molecule has 2 aromatic carbocycles. The number of hydrogen-bond donors (Lipinski definition) is 1. The molecular weight excluding hydrogens is 440 g/mol. The van der Waals surface area contributed by atoms with Crippen molar-refractivity contribution in [2.75, 3.05) is 16.7 Å². The van der Waals surface area contributed by atoms with Gasteiger partial charge in [-0.2, -0.15) is 5.10 Å². The minimum atomic E-state index is -3.93. The Morgan fingerprint density at radius 3 is 2.39 bits per heavy atom. The van der Waals surface area contributed by atoms with E-state index in [0.717, 1.165) is 9.87 Å². The monoisotopic (exact) mass is 460 g/mol. The molecule has 0 unspecified atom stereocenters. The number of ketones is 1. The van der Waals surface area contributed by atoms with Crippen LogP contribution in [0.15, 0.2) is 53.6 Å². The first-order chi connectivity index (χ1) is 14.5. The molecule has 0 aliphatic carbocycles. The maximum Gasteiger partial charge on any atom is 0.265 e. The minimum absolute atomic E-state index is 0.0324. The van der Waals surface area contributed by atoms with Crippen LogP contribution in [0, 0.1) is 6.92 Å². The van der Waals surface area contributed by atoms with Crippen LogP contribution in [0.4, 0.5) is 11.5 Å². The van der Waals surface area contributed by atoms with Gasteiger partial charge >= 0.3 is 0 Å². The Balaban J connectivity index is 1.97. The number of hydrogen-bond acceptors (Lipinski definition) is 5. The molecule has 0 aliphatic rings. The van der Waals surface area contributed by atoms with Crippen LogP contribution in [0.3, 0.4) is 0 Å². The Hall–Kier alpha value is -3.17. The lowest BCUT2D eigenvalue weighted by molar-refractivity contribution is 0.101. The molecule has 1 N–H and O–H groups in total. The highest BCUT2D eigenvalue weighted by atomic mass is 35.5. The quantitative estimate of drug-likeness (QED) is 0.565. The molecule has 0 fully saturated rings. The van der Waals surface area contributed by atoms with Crippen molar-refractivity contribution in [3.8, 4) is 0 Å². The van der Waals surface area contributed by atoms with Gasteiger partial charge in [0.25, 0.3) is 15.9 Å². The summed E-state index contributed by atoms with van der Waals surface area (Å²) < 4.78 is 28.5. The molecule has 31 heavy (non-hydrogen) atoms. The van der Waals surface area contributed by atoms with Crippen LogP contribution in [0.5, 0.6) is 0 Å². The summed E-state index contributed by atoms with van der Waals surface area (Å²) >= 11 is 6.15. The lowest BCUT2D eigenvalue weighted by Crippen LogP contribution is -2.30. The average Bonchev–Trinajstić information content (AvgIpc) is 3.10. The maximum absolute atomic E-state index is 13.1. The Labute approximate surface area is 185 Å². The smallest absolute Gasteiger partial charge is 0.265 e. The fourth-order valence-corrected chi connectivity index (χ4v) is 4.38. The van der Waals surface area contributed by atoms with E-state index in [1.165, 1.54) is 56.2 Å². The van der Waals surface area contributed by atoms with Gasteiger partial charge < -0.3 is 5.32 Å². The number of nitrogens with zero attached hydrogens (tertiary/aromatic N) is 3. The number of nitrogens with one attached hydrogen (secondary N) is 1. The van der Waals surface area contributed by atoms with Crippen molar-refractivity contribution in [2.45, 2.75) is 18.7 Å². The van der Waals surface area contributed by atoms with Gasteiger partial charge in [-0.3, -0.25) is 18.6 Å². The SMILES string of the molecule is CC(=O)c1ccc(Cl)c(NC(=O)c2cnn(C)c2N(C)S(=O)(=O)c2ccc(C)cc2)c1. The van der Waals surface area contributed by atoms with Crippen LogP contribution in [0.1, 0.15) is 33.2 Å². The molecule has 10 heteroatoms. The van der Waals surface area contributed by atoms with Crippen LogP contribution >= 0.6 is 11.6 Å². The third-order valence-electron chi connectivity index (χ3n) is 4.75. The third-order valence-corrected chi connectivity index (χ3v) is 6.84. The average molecular weight is 461 g/mol. The summed E-state index contributed by atoms with van der Waals surface area (Å²) in [5.41, 5.74) is 1.57. The molecule has 0 saturated heterocycles. The number of aryl methyl sites for hydroxylation is 2. The molecule has 1 amide bonds. The van der Waals surface area contributed by atoms with Gasteiger partial charge in [0, 0.05) is 19.7 Å². The summed E-state index contributed by atoms with van der Waals surface area (Å²) in [4.78, 5) is 24.7. The summed E-state index contributed by atoms with van der Waals surface area (Å²) in [6, 6.07) is 10.9. The molecule has 1 aromatic heterocycles. The Morgan fingerprint density at radius 2 is 1.77 bits per heavy atom. The number of halogens is 1. The van der Waals surface area contributed by atoms with Crippen molar-refractivity contribution in [1.82, 2.24) is 9.78 Å². The lowest BCUT2D eigenvalue weighted by atomic mass is 10.1. The van der Waals surface area contributed by atoms with Crippen molar-refractivity contribution >= 4 is 44.8 Å². The normalized spacial score (nSPS) is 11.3. The van der Waals surface area contributed by atoms with Crippen molar-refractivity contribution in [2.24, 2.45) is 7.05 Å². The van der Waals surface area contributed by atoms with Gasteiger partial charge in [0.2, 0.25) is 0 Å². The van der Waals surface area contributed by atoms with E-state index in [0.29, 0.717) is 5.56 Å². The second-order valence-corrected chi connectivity index (χ2v) is 9.37. The highest BCUT2D eigenvalue weighted by Gasteiger charge is 2.28. The van der Waals surface area contributed by atoms with Crippen molar-refractivity contribution < 1.29 is 18.0 Å². The highest BCUT2D eigenvalue weighted by Crippen LogP contribution is 2.28. The fourth-order valence-electron chi connectivity index (χ4n) is 2.98. The largest absolute Gasteiger partial charge is 0.320 e. The molecule has 0 spiro atoms. The number of anilines is 2. The van der Waals surface area contributed by atoms with Gasteiger partial charge in [-0.15, -0.1) is 0 Å². The molecule has 162 valence electrons. The molecule has 0 radical (unpaired) electrons. The van der Waals surface area contributed by atoms with Crippen LogP contribution in [0.2, 0.25) is 5.02 Å². The summed E-state index contributed by atoms with van der Waals surface area (Å²) in [6.45, 7) is 3.26. The zero-order valence-electron chi connectivity index (χ0n) is 17.4. The first-order valence-electron chi connectivity index (χ1n) is 9.22. The van der Waals surface area contributed by atoms with Crippen molar-refractivity contribution in [3.05, 3.63) is 70.4 Å². The van der Waals surface area contributed by atoms with E-state index in [4.69, 9.17) is 11.6 Å². The van der Waals surface area contributed by atoms with E-state index >= 15 is 0 Å². The number of benzene rings is 2. The molecule has 0 saturated carbocycles. The van der Waals surface area contributed by atoms with Crippen LogP contribution < -0.4 is 9.62 Å². The number of amides is 1. The number of Topliss-reactive ketones (excluding diaryl/α,β-unsaturated/α-hetero) is 1. The zero-order valence-corrected chi connectivity index (χ0v) is 19.0. The Bertz CT molecular complexity index is 1270. The van der Waals surface area contributed by atoms with Gasteiger partial charge in [0.1, 0.15) is 5.56 Å². The predicted octanol–water partition coefficient (Wildman–Crippen LogP) is 3.66. The number of carbonyl (C=O) groups is 2. The molecule has 3 aromatic rings. The van der Waals surface area contributed by atoms with E-state index in [9.17, 15) is 18.0 Å². The first kappa shape index (κ1) is 22.5. The van der Waals surface area contributed by atoms with Crippen LogP contribution in [0.25, 0.3) is 0 Å². The van der Waals surface area contributed by atoms with E-state index in [1.807, 2.05) is 6.92 Å². The number of rotatable bonds is 6. The predicted molar refractivity (Wildman–Crippen MR) is 119 cm³/mol. The van der Waals surface area contributed by atoms with Gasteiger partial charge in [0.15, 0.2) is 11.6 Å². The first-order valence-corrected chi connectivity index (χ1v) is 11.0. The molecular formula is C21H21ClN4O4S. The maximum atomic E-state index is 13.1. The minimum Gasteiger partial charge on any atom is -0.320 e. The van der Waals surface area contributed by atoms with Gasteiger partial charge in [0.05, 0.1) is 21.8 Å². The molecule has 0 atom stereocenters. The van der Waals surface area contributed by atoms with E-state index < -0.39 is 15.9 Å². The van der Waals surface area contributed by atoms with Crippen molar-refractivity contribution in [3.63, 3.8) is 0 Å². The molecule has 1 heterocycles. The van der Waals surface area contributed by atoms with E-state index in [1.54, 1.807) is 18.2 Å². The fraction of sp³-hybridized carbons (Fsp3) is 0.190. The highest BCUT2D eigenvalue weighted by molar-refractivity contribution is 7.92. The second kappa shape index (κ2) is 8.52. The lowest BCUT2D eigenvalue weighted by Gasteiger charge is -2.21. The molecule has 8 nitrogen and oxygen atoms in total. The number of aromatic nitrogens is 2. The standard InChI is InChI=1S/C21H21ClN4O4S/c1-13-5-8-16(9-6-13)31(29,30)26(4)21-17(12-23-25(21)3)20(28)24-19-11-15(14(2)27)7-10-18(19)22/h5-12H,1-4H3,(H,24,28). The Morgan fingerprint density at radius 1 is 1.13 bits per heavy atom. The number of sulfonamides is 1. The van der Waals surface area contributed by atoms with E-state index in [-0.39, 0.29) is 32.8 Å². The van der Waals surface area contributed by atoms with E-state index in [2.05, 4.69) is 10.4 Å². The number of carbonyl (C=O) groups excluding carboxylic acids is 2. The second-order valence-electron chi connectivity index (χ2n) is 7.00. The molecule has 3 rings (SSSR count). The summed E-state index contributed by atoms with van der Waals surface area (Å²) in [5.74, 6) is -0.716. The molecule has 0 aliphatic heterocycles. The van der Waals surface area contributed by atoms with Crippen LogP contribution in [-0.4, -0.2) is 36.9 Å². The summed E-state index contributed by atoms with van der Waals surface area (Å²) in [5, 5.41) is 6.92. The van der Waals surface area contributed by atoms with Gasteiger partial charge in [-0.25, -0.2) is 8.42 Å². The topological polar surface area (TPSA) is 101 Å². The summed E-state index contributed by atoms with van der Waals surface area (Å²) in [7, 11) is -1.04. The third kappa shape index (κ3) is 4.47. The van der Waals surface area contributed by atoms with Gasteiger partial charge in [-0.05, 0) is 44.2 Å². The molecule has 0 bridgehead atoms. The van der Waals surface area contributed by atoms with Crippen LogP contribution in [-0.2, 0) is 17.1 Å². The van der Waals surface area contributed by atoms with Crippen molar-refractivity contribution in [1.29, 1.82) is 0 Å².